The lowest BCUT2D eigenvalue weighted by atomic mass is 10.1. The zero-order valence-corrected chi connectivity index (χ0v) is 16.9. The highest BCUT2D eigenvalue weighted by Gasteiger charge is 2.20. The summed E-state index contributed by atoms with van der Waals surface area (Å²) in [5, 5.41) is 3.33. The molecule has 5 rings (SSSR count). The number of hydrogen-bond acceptors (Lipinski definition) is 5. The molecule has 0 spiro atoms. The van der Waals surface area contributed by atoms with Crippen molar-refractivity contribution in [2.24, 2.45) is 7.05 Å². The second-order valence-corrected chi connectivity index (χ2v) is 8.20. The average molecular weight is 391 g/mol. The first kappa shape index (κ1) is 17.4. The Balaban J connectivity index is 1.39. The Labute approximate surface area is 168 Å². The van der Waals surface area contributed by atoms with Gasteiger partial charge in [-0.25, -0.2) is 9.97 Å². The molecule has 0 atom stereocenters. The van der Waals surface area contributed by atoms with Crippen molar-refractivity contribution < 1.29 is 4.74 Å². The third-order valence-electron chi connectivity index (χ3n) is 5.43. The fourth-order valence-electron chi connectivity index (χ4n) is 3.98. The van der Waals surface area contributed by atoms with Crippen molar-refractivity contribution in [1.29, 1.82) is 0 Å². The van der Waals surface area contributed by atoms with E-state index in [1.165, 1.54) is 27.7 Å². The van der Waals surface area contributed by atoms with E-state index in [4.69, 9.17) is 9.72 Å². The molecule has 0 saturated heterocycles. The number of thiophene rings is 1. The number of rotatable bonds is 4. The fraction of sp³-hybridized carbons (Fsp3) is 0.273. The summed E-state index contributed by atoms with van der Waals surface area (Å²) in [6, 6.07) is 10.4. The van der Waals surface area contributed by atoms with Gasteiger partial charge in [0.25, 0.3) is 0 Å². The van der Waals surface area contributed by atoms with E-state index in [0.717, 1.165) is 42.5 Å². The minimum atomic E-state index is 0.850. The van der Waals surface area contributed by atoms with Crippen LogP contribution in [0.2, 0.25) is 0 Å². The van der Waals surface area contributed by atoms with Gasteiger partial charge in [-0.15, -0.1) is 11.3 Å². The lowest BCUT2D eigenvalue weighted by Gasteiger charge is -2.27. The van der Waals surface area contributed by atoms with Gasteiger partial charge in [-0.3, -0.25) is 4.90 Å². The van der Waals surface area contributed by atoms with Gasteiger partial charge < -0.3 is 9.30 Å². The molecule has 142 valence electrons. The van der Waals surface area contributed by atoms with Crippen molar-refractivity contribution >= 4 is 22.2 Å². The molecule has 6 heteroatoms. The maximum Gasteiger partial charge on any atom is 0.169 e. The molecule has 0 N–H and O–H groups in total. The van der Waals surface area contributed by atoms with Crippen molar-refractivity contribution in [3.05, 3.63) is 64.9 Å². The maximum atomic E-state index is 5.43. The first-order valence-electron chi connectivity index (χ1n) is 9.44. The van der Waals surface area contributed by atoms with Crippen LogP contribution in [0.5, 0.6) is 5.75 Å². The number of hydrogen-bond donors (Lipinski definition) is 0. The van der Waals surface area contributed by atoms with Crippen molar-refractivity contribution in [2.45, 2.75) is 19.5 Å². The first-order chi connectivity index (χ1) is 13.7. The van der Waals surface area contributed by atoms with Crippen molar-refractivity contribution in [3.63, 3.8) is 0 Å². The largest absolute Gasteiger partial charge is 0.497 e. The molecule has 0 bridgehead atoms. The molecule has 28 heavy (non-hydrogen) atoms. The number of nitrogens with zero attached hydrogens (tertiary/aromatic N) is 4. The molecule has 0 unspecified atom stereocenters. The summed E-state index contributed by atoms with van der Waals surface area (Å²) in [6.07, 6.45) is 5.20. The predicted molar refractivity (Wildman–Crippen MR) is 113 cm³/mol. The van der Waals surface area contributed by atoms with Crippen LogP contribution >= 0.6 is 11.3 Å². The lowest BCUT2D eigenvalue weighted by molar-refractivity contribution is 0.243. The summed E-state index contributed by atoms with van der Waals surface area (Å²) < 4.78 is 7.62. The van der Waals surface area contributed by atoms with Crippen LogP contribution in [0.3, 0.4) is 0 Å². The van der Waals surface area contributed by atoms with Gasteiger partial charge in [-0.2, -0.15) is 0 Å². The molecule has 4 heterocycles. The second-order valence-electron chi connectivity index (χ2n) is 7.25. The molecule has 1 aromatic carbocycles. The molecular weight excluding hydrogens is 368 g/mol. The van der Waals surface area contributed by atoms with E-state index in [1.807, 2.05) is 18.3 Å². The Bertz CT molecular complexity index is 1130. The van der Waals surface area contributed by atoms with Crippen LogP contribution in [0, 0.1) is 0 Å². The number of benzene rings is 1. The quantitative estimate of drug-likeness (QED) is 0.522. The smallest absolute Gasteiger partial charge is 0.169 e. The maximum absolute atomic E-state index is 5.43. The first-order valence-corrected chi connectivity index (χ1v) is 10.3. The summed E-state index contributed by atoms with van der Waals surface area (Å²) in [4.78, 5) is 13.0. The van der Waals surface area contributed by atoms with Gasteiger partial charge in [-0.1, -0.05) is 6.07 Å². The molecule has 4 aromatic rings. The number of aryl methyl sites for hydroxylation is 1. The van der Waals surface area contributed by atoms with E-state index >= 15 is 0 Å². The zero-order chi connectivity index (χ0) is 19.1. The summed E-state index contributed by atoms with van der Waals surface area (Å²) in [6.45, 7) is 2.81. The van der Waals surface area contributed by atoms with Crippen LogP contribution in [0.15, 0.2) is 48.1 Å². The van der Waals surface area contributed by atoms with E-state index in [0.29, 0.717) is 0 Å². The lowest BCUT2D eigenvalue weighted by Crippen LogP contribution is -2.30. The molecule has 0 radical (unpaired) electrons. The van der Waals surface area contributed by atoms with Crippen molar-refractivity contribution in [3.8, 4) is 16.5 Å². The van der Waals surface area contributed by atoms with Gasteiger partial charge in [0.2, 0.25) is 0 Å². The number of fused-ring (bicyclic) bond motifs is 2. The molecule has 0 amide bonds. The third kappa shape index (κ3) is 3.08. The standard InChI is InChI=1S/C22H22N4OS/c1-25-12-16(18-10-17(27-2)5-6-20(18)25)14-26-8-7-19-15(13-26)11-23-22(24-19)21-4-3-9-28-21/h3-6,9-12H,7-8,13-14H2,1-2H3. The summed E-state index contributed by atoms with van der Waals surface area (Å²) in [5.41, 5.74) is 4.99. The average Bonchev–Trinajstić information content (AvgIpc) is 3.36. The van der Waals surface area contributed by atoms with Gasteiger partial charge in [0.15, 0.2) is 5.82 Å². The normalized spacial score (nSPS) is 14.4. The van der Waals surface area contributed by atoms with Gasteiger partial charge in [-0.05, 0) is 35.2 Å². The van der Waals surface area contributed by atoms with Gasteiger partial charge >= 0.3 is 0 Å². The molecule has 1 aliphatic rings. The molecule has 0 fully saturated rings. The zero-order valence-electron chi connectivity index (χ0n) is 16.1. The highest BCUT2D eigenvalue weighted by Crippen LogP contribution is 2.29. The van der Waals surface area contributed by atoms with Crippen LogP contribution in [0.4, 0.5) is 0 Å². The summed E-state index contributed by atoms with van der Waals surface area (Å²) in [5.74, 6) is 1.75. The van der Waals surface area contributed by atoms with Gasteiger partial charge in [0.1, 0.15) is 5.75 Å². The molecule has 0 saturated carbocycles. The minimum absolute atomic E-state index is 0.850. The van der Waals surface area contributed by atoms with Crippen LogP contribution in [-0.4, -0.2) is 33.1 Å². The van der Waals surface area contributed by atoms with E-state index < -0.39 is 0 Å². The number of ether oxygens (including phenoxy) is 1. The Morgan fingerprint density at radius 1 is 1.25 bits per heavy atom. The highest BCUT2D eigenvalue weighted by atomic mass is 32.1. The van der Waals surface area contributed by atoms with Gasteiger partial charge in [0.05, 0.1) is 17.7 Å². The van der Waals surface area contributed by atoms with E-state index in [1.54, 1.807) is 18.4 Å². The molecule has 5 nitrogen and oxygen atoms in total. The predicted octanol–water partition coefficient (Wildman–Crippen LogP) is 4.26. The Morgan fingerprint density at radius 3 is 3.00 bits per heavy atom. The van der Waals surface area contributed by atoms with E-state index in [2.05, 4.69) is 51.3 Å². The molecular formula is C22H22N4OS. The van der Waals surface area contributed by atoms with Crippen LogP contribution in [0.1, 0.15) is 16.8 Å². The summed E-state index contributed by atoms with van der Waals surface area (Å²) >= 11 is 1.69. The van der Waals surface area contributed by atoms with Gasteiger partial charge in [0, 0.05) is 62.0 Å². The van der Waals surface area contributed by atoms with Crippen LogP contribution in [0.25, 0.3) is 21.6 Å². The van der Waals surface area contributed by atoms with Crippen molar-refractivity contribution in [1.82, 2.24) is 19.4 Å². The van der Waals surface area contributed by atoms with Crippen molar-refractivity contribution in [2.75, 3.05) is 13.7 Å². The molecule has 3 aromatic heterocycles. The SMILES string of the molecule is COc1ccc2c(c1)c(CN1CCc3nc(-c4cccs4)ncc3C1)cn2C. The Morgan fingerprint density at radius 2 is 2.18 bits per heavy atom. The van der Waals surface area contributed by atoms with Crippen LogP contribution < -0.4 is 4.74 Å². The highest BCUT2D eigenvalue weighted by molar-refractivity contribution is 7.13. The number of methoxy groups -OCH3 is 1. The minimum Gasteiger partial charge on any atom is -0.497 e. The Kier molecular flexibility index (Phi) is 4.37. The van der Waals surface area contributed by atoms with Crippen LogP contribution in [-0.2, 0) is 26.6 Å². The fourth-order valence-corrected chi connectivity index (χ4v) is 4.65. The second kappa shape index (κ2) is 7.04. The Hall–Kier alpha value is -2.70. The molecule has 1 aliphatic heterocycles. The summed E-state index contributed by atoms with van der Waals surface area (Å²) in [7, 11) is 3.82. The molecule has 0 aliphatic carbocycles. The van der Waals surface area contributed by atoms with E-state index in [9.17, 15) is 0 Å². The third-order valence-corrected chi connectivity index (χ3v) is 6.29. The number of aromatic nitrogens is 3. The monoisotopic (exact) mass is 390 g/mol. The van der Waals surface area contributed by atoms with E-state index in [-0.39, 0.29) is 0 Å². The topological polar surface area (TPSA) is 43.2 Å².